The number of carboxylic acid groups (broad SMARTS) is 1. The third kappa shape index (κ3) is 6.49. The minimum Gasteiger partial charge on any atom is -0.478 e. The lowest BCUT2D eigenvalue weighted by atomic mass is 9.91. The highest BCUT2D eigenvalue weighted by atomic mass is 16.5. The third-order valence-electron chi connectivity index (χ3n) is 4.78. The largest absolute Gasteiger partial charge is 0.478 e. The number of aliphatic hydroxyl groups excluding tert-OH is 3. The quantitative estimate of drug-likeness (QED) is 0.221. The topological polar surface area (TPSA) is 191 Å². The summed E-state index contributed by atoms with van der Waals surface area (Å²) in [6, 6.07) is 5.76. The minimum atomic E-state index is -1.76. The fraction of sp³-hybridized carbons (Fsp3) is 0.450. The second-order valence-electron chi connectivity index (χ2n) is 7.22. The van der Waals surface area contributed by atoms with Crippen molar-refractivity contribution in [3.05, 3.63) is 47.7 Å². The number of hydrogen-bond acceptors (Lipinski definition) is 8. The molecular weight excluding hydrogens is 410 g/mol. The Bertz CT molecular complexity index is 816. The van der Waals surface area contributed by atoms with E-state index in [-0.39, 0.29) is 6.42 Å². The molecule has 1 aliphatic rings. The average molecular weight is 437 g/mol. The second kappa shape index (κ2) is 10.9. The fourth-order valence-corrected chi connectivity index (χ4v) is 3.23. The standard InChI is InChI=1S/C20H27N3O8/c1-10(25)22-16-13(23-19(28)12(21)7-11-5-3-2-4-6-11)8-15(20(29)30)31-18(16)17(27)14(26)9-24/h2-6,8,12-14,16-18,24,26-27H,7,9,21H2,1H3,(H,22,25)(H,23,28)(H,29,30)/t12-,13-,14+,16+,17+,18+/m0/s1. The zero-order valence-electron chi connectivity index (χ0n) is 16.8. The molecule has 0 saturated heterocycles. The van der Waals surface area contributed by atoms with E-state index in [0.717, 1.165) is 11.6 Å². The third-order valence-corrected chi connectivity index (χ3v) is 4.78. The molecule has 0 aliphatic carbocycles. The van der Waals surface area contributed by atoms with Crippen LogP contribution in [0, 0.1) is 0 Å². The highest BCUT2D eigenvalue weighted by Gasteiger charge is 2.44. The van der Waals surface area contributed by atoms with Gasteiger partial charge < -0.3 is 41.5 Å². The van der Waals surface area contributed by atoms with Crippen LogP contribution in [-0.4, -0.2) is 81.3 Å². The van der Waals surface area contributed by atoms with Crippen LogP contribution in [0.1, 0.15) is 12.5 Å². The monoisotopic (exact) mass is 437 g/mol. The number of nitrogens with two attached hydrogens (primary N) is 1. The molecule has 0 spiro atoms. The Morgan fingerprint density at radius 1 is 1.16 bits per heavy atom. The molecule has 1 aromatic rings. The second-order valence-corrected chi connectivity index (χ2v) is 7.22. The van der Waals surface area contributed by atoms with Gasteiger partial charge in [-0.25, -0.2) is 4.79 Å². The molecule has 11 nitrogen and oxygen atoms in total. The summed E-state index contributed by atoms with van der Waals surface area (Å²) in [5, 5.41) is 43.7. The molecule has 31 heavy (non-hydrogen) atoms. The van der Waals surface area contributed by atoms with Crippen molar-refractivity contribution in [1.82, 2.24) is 10.6 Å². The van der Waals surface area contributed by atoms with Crippen molar-refractivity contribution in [3.63, 3.8) is 0 Å². The molecule has 0 aromatic heterocycles. The van der Waals surface area contributed by atoms with Crippen molar-refractivity contribution < 1.29 is 39.5 Å². The summed E-state index contributed by atoms with van der Waals surface area (Å²) in [6.07, 6.45) is -3.62. The number of aliphatic hydroxyl groups is 3. The normalized spacial score (nSPS) is 23.5. The lowest BCUT2D eigenvalue weighted by Crippen LogP contribution is -2.64. The van der Waals surface area contributed by atoms with Crippen molar-refractivity contribution in [2.45, 2.75) is 49.8 Å². The number of rotatable bonds is 9. The smallest absolute Gasteiger partial charge is 0.370 e. The number of carboxylic acids is 1. The summed E-state index contributed by atoms with van der Waals surface area (Å²) in [5.41, 5.74) is 6.80. The maximum absolute atomic E-state index is 12.7. The molecule has 1 heterocycles. The Morgan fingerprint density at radius 3 is 2.35 bits per heavy atom. The molecule has 2 rings (SSSR count). The maximum Gasteiger partial charge on any atom is 0.370 e. The van der Waals surface area contributed by atoms with E-state index >= 15 is 0 Å². The highest BCUT2D eigenvalue weighted by molar-refractivity contribution is 5.86. The van der Waals surface area contributed by atoms with Gasteiger partial charge in [-0.05, 0) is 18.1 Å². The number of carbonyl (C=O) groups excluding carboxylic acids is 2. The van der Waals surface area contributed by atoms with Gasteiger partial charge in [-0.15, -0.1) is 0 Å². The Morgan fingerprint density at radius 2 is 1.81 bits per heavy atom. The maximum atomic E-state index is 12.7. The van der Waals surface area contributed by atoms with Crippen molar-refractivity contribution in [1.29, 1.82) is 0 Å². The number of aliphatic carboxylic acids is 1. The van der Waals surface area contributed by atoms with Gasteiger partial charge in [0.2, 0.25) is 17.6 Å². The van der Waals surface area contributed by atoms with Crippen LogP contribution in [0.5, 0.6) is 0 Å². The Labute approximate surface area is 178 Å². The van der Waals surface area contributed by atoms with Gasteiger partial charge in [-0.2, -0.15) is 0 Å². The van der Waals surface area contributed by atoms with E-state index in [9.17, 15) is 29.7 Å². The summed E-state index contributed by atoms with van der Waals surface area (Å²) >= 11 is 0. The van der Waals surface area contributed by atoms with Crippen LogP contribution in [-0.2, 0) is 25.5 Å². The molecule has 1 aliphatic heterocycles. The molecule has 0 radical (unpaired) electrons. The molecule has 8 N–H and O–H groups in total. The Kier molecular flexibility index (Phi) is 8.51. The summed E-state index contributed by atoms with van der Waals surface area (Å²) in [5.74, 6) is -3.25. The molecule has 6 atom stereocenters. The van der Waals surface area contributed by atoms with Crippen LogP contribution in [0.4, 0.5) is 0 Å². The van der Waals surface area contributed by atoms with Crippen LogP contribution in [0.25, 0.3) is 0 Å². The van der Waals surface area contributed by atoms with Crippen molar-refractivity contribution in [2.24, 2.45) is 5.73 Å². The van der Waals surface area contributed by atoms with Crippen molar-refractivity contribution >= 4 is 17.8 Å². The first-order chi connectivity index (χ1) is 14.6. The predicted molar refractivity (Wildman–Crippen MR) is 107 cm³/mol. The molecule has 0 saturated carbocycles. The van der Waals surface area contributed by atoms with Gasteiger partial charge in [-0.3, -0.25) is 9.59 Å². The van der Waals surface area contributed by atoms with E-state index in [0.29, 0.717) is 0 Å². The van der Waals surface area contributed by atoms with Crippen molar-refractivity contribution in [3.8, 4) is 0 Å². The molecule has 0 unspecified atom stereocenters. The molecule has 0 fully saturated rings. The first kappa shape index (κ1) is 24.3. The first-order valence-corrected chi connectivity index (χ1v) is 9.59. The van der Waals surface area contributed by atoms with Crippen LogP contribution in [0.2, 0.25) is 0 Å². The van der Waals surface area contributed by atoms with Gasteiger partial charge in [0.1, 0.15) is 18.3 Å². The average Bonchev–Trinajstić information content (AvgIpc) is 2.73. The van der Waals surface area contributed by atoms with E-state index in [1.807, 2.05) is 6.07 Å². The summed E-state index contributed by atoms with van der Waals surface area (Å²) in [7, 11) is 0. The lowest BCUT2D eigenvalue weighted by Gasteiger charge is -2.40. The number of hydrogen-bond donors (Lipinski definition) is 7. The number of benzene rings is 1. The van der Waals surface area contributed by atoms with Crippen LogP contribution >= 0.6 is 0 Å². The Balaban J connectivity index is 2.28. The zero-order valence-corrected chi connectivity index (χ0v) is 16.8. The number of ether oxygens (including phenoxy) is 1. The Hall–Kier alpha value is -2.99. The molecule has 0 bridgehead atoms. The number of nitrogens with one attached hydrogen (secondary N) is 2. The van der Waals surface area contributed by atoms with Crippen LogP contribution < -0.4 is 16.4 Å². The minimum absolute atomic E-state index is 0.214. The van der Waals surface area contributed by atoms with E-state index in [1.165, 1.54) is 6.92 Å². The van der Waals surface area contributed by atoms with Gasteiger partial charge in [0.25, 0.3) is 0 Å². The fourth-order valence-electron chi connectivity index (χ4n) is 3.23. The SMILES string of the molecule is CC(=O)N[C@H]1[C@H]([C@H](O)[C@H](O)CO)OC(C(=O)O)=C[C@@H]1NC(=O)[C@@H](N)Cc1ccccc1. The van der Waals surface area contributed by atoms with E-state index in [1.54, 1.807) is 24.3 Å². The van der Waals surface area contributed by atoms with Crippen LogP contribution in [0.3, 0.4) is 0 Å². The van der Waals surface area contributed by atoms with Gasteiger partial charge in [0, 0.05) is 6.92 Å². The van der Waals surface area contributed by atoms with E-state index in [4.69, 9.17) is 15.6 Å². The molecule has 1 aromatic carbocycles. The van der Waals surface area contributed by atoms with Gasteiger partial charge >= 0.3 is 5.97 Å². The van der Waals surface area contributed by atoms with Crippen molar-refractivity contribution in [2.75, 3.05) is 6.61 Å². The highest BCUT2D eigenvalue weighted by Crippen LogP contribution is 2.23. The number of amides is 2. The molecule has 170 valence electrons. The van der Waals surface area contributed by atoms with Crippen LogP contribution in [0.15, 0.2) is 42.2 Å². The first-order valence-electron chi connectivity index (χ1n) is 9.59. The predicted octanol–water partition coefficient (Wildman–Crippen LogP) is -2.37. The van der Waals surface area contributed by atoms with Gasteiger partial charge in [-0.1, -0.05) is 30.3 Å². The van der Waals surface area contributed by atoms with Gasteiger partial charge in [0.05, 0.1) is 24.7 Å². The van der Waals surface area contributed by atoms with E-state index in [2.05, 4.69) is 10.6 Å². The molecular formula is C20H27N3O8. The summed E-state index contributed by atoms with van der Waals surface area (Å²) in [6.45, 7) is 0.348. The molecule has 2 amide bonds. The van der Waals surface area contributed by atoms with E-state index < -0.39 is 66.6 Å². The molecule has 11 heteroatoms. The number of carbonyl (C=O) groups is 3. The van der Waals surface area contributed by atoms with Gasteiger partial charge in [0.15, 0.2) is 0 Å². The zero-order chi connectivity index (χ0) is 23.1. The summed E-state index contributed by atoms with van der Waals surface area (Å²) < 4.78 is 5.26. The lowest BCUT2D eigenvalue weighted by molar-refractivity contribution is -0.147. The summed E-state index contributed by atoms with van der Waals surface area (Å²) in [4.78, 5) is 35.9.